The van der Waals surface area contributed by atoms with Gasteiger partial charge in [-0.1, -0.05) is 15.9 Å². The van der Waals surface area contributed by atoms with Gasteiger partial charge in [-0.3, -0.25) is 0 Å². The van der Waals surface area contributed by atoms with Gasteiger partial charge in [-0.15, -0.1) is 0 Å². The molecule has 0 saturated carbocycles. The largest absolute Gasteiger partial charge is 0.354 e. The fourth-order valence-corrected chi connectivity index (χ4v) is 1.24. The molecule has 0 aliphatic carbocycles. The second kappa shape index (κ2) is 5.11. The van der Waals surface area contributed by atoms with E-state index in [0.717, 1.165) is 29.9 Å². The first-order valence-corrected chi connectivity index (χ1v) is 5.33. The number of hydrogen-bond donors (Lipinski definition) is 1. The fraction of sp³-hybridized carbons (Fsp3) is 0.625. The van der Waals surface area contributed by atoms with Gasteiger partial charge in [-0.05, 0) is 20.3 Å². The molecule has 13 heavy (non-hydrogen) atoms. The third-order valence-corrected chi connectivity index (χ3v) is 2.01. The van der Waals surface area contributed by atoms with Crippen LogP contribution in [-0.4, -0.2) is 26.8 Å². The smallest absolute Gasteiger partial charge is 0.226 e. The molecule has 0 aliphatic rings. The Balaban J connectivity index is 2.56. The van der Waals surface area contributed by atoms with Gasteiger partial charge in [-0.25, -0.2) is 4.98 Å². The van der Waals surface area contributed by atoms with Gasteiger partial charge >= 0.3 is 0 Å². The summed E-state index contributed by atoms with van der Waals surface area (Å²) in [6, 6.07) is 0. The molecule has 0 unspecified atom stereocenters. The molecular weight excluding hydrogens is 232 g/mol. The van der Waals surface area contributed by atoms with Gasteiger partial charge in [0.05, 0.1) is 0 Å². The molecule has 0 fully saturated rings. The van der Waals surface area contributed by atoms with E-state index in [2.05, 4.69) is 36.2 Å². The first-order chi connectivity index (χ1) is 6.22. The lowest BCUT2D eigenvalue weighted by molar-refractivity contribution is 0.894. The minimum atomic E-state index is 0.672. The monoisotopic (exact) mass is 244 g/mol. The lowest BCUT2D eigenvalue weighted by atomic mass is 10.5. The molecule has 1 aromatic heterocycles. The second-order valence-electron chi connectivity index (χ2n) is 2.72. The molecule has 1 heterocycles. The summed E-state index contributed by atoms with van der Waals surface area (Å²) in [4.78, 5) is 12.4. The molecule has 0 amide bonds. The van der Waals surface area contributed by atoms with Gasteiger partial charge in [0.1, 0.15) is 11.6 Å². The van der Waals surface area contributed by atoms with E-state index < -0.39 is 0 Å². The topological polar surface area (TPSA) is 50.7 Å². The van der Waals surface area contributed by atoms with E-state index in [1.54, 1.807) is 0 Å². The van der Waals surface area contributed by atoms with E-state index in [0.29, 0.717) is 5.95 Å². The van der Waals surface area contributed by atoms with Crippen LogP contribution < -0.4 is 5.32 Å². The number of halogens is 1. The van der Waals surface area contributed by atoms with E-state index in [9.17, 15) is 0 Å². The Labute approximate surface area is 86.3 Å². The van der Waals surface area contributed by atoms with Gasteiger partial charge in [0, 0.05) is 11.9 Å². The van der Waals surface area contributed by atoms with Gasteiger partial charge in [0.25, 0.3) is 0 Å². The lowest BCUT2D eigenvalue weighted by Gasteiger charge is -2.04. The molecule has 1 rings (SSSR count). The first-order valence-electron chi connectivity index (χ1n) is 4.21. The van der Waals surface area contributed by atoms with Crippen molar-refractivity contribution in [1.29, 1.82) is 0 Å². The Bertz CT molecular complexity index is 257. The maximum absolute atomic E-state index is 4.16. The van der Waals surface area contributed by atoms with Crippen LogP contribution in [0, 0.1) is 13.8 Å². The Morgan fingerprint density at radius 3 is 2.31 bits per heavy atom. The molecule has 0 saturated heterocycles. The van der Waals surface area contributed by atoms with Crippen molar-refractivity contribution in [2.75, 3.05) is 17.2 Å². The Morgan fingerprint density at radius 2 is 1.77 bits per heavy atom. The zero-order chi connectivity index (χ0) is 9.68. The molecule has 1 aromatic rings. The third kappa shape index (κ3) is 3.67. The van der Waals surface area contributed by atoms with Crippen molar-refractivity contribution in [3.63, 3.8) is 0 Å². The van der Waals surface area contributed by atoms with E-state index in [1.165, 1.54) is 0 Å². The van der Waals surface area contributed by atoms with Crippen LogP contribution >= 0.6 is 15.9 Å². The highest BCUT2D eigenvalue weighted by Gasteiger charge is 1.98. The molecule has 72 valence electrons. The molecule has 0 bridgehead atoms. The summed E-state index contributed by atoms with van der Waals surface area (Å²) in [5.74, 6) is 2.19. The summed E-state index contributed by atoms with van der Waals surface area (Å²) >= 11 is 3.36. The quantitative estimate of drug-likeness (QED) is 0.647. The van der Waals surface area contributed by atoms with Crippen molar-refractivity contribution < 1.29 is 0 Å². The zero-order valence-corrected chi connectivity index (χ0v) is 9.43. The summed E-state index contributed by atoms with van der Waals surface area (Å²) in [7, 11) is 0. The Kier molecular flexibility index (Phi) is 4.08. The van der Waals surface area contributed by atoms with Crippen molar-refractivity contribution >= 4 is 21.9 Å². The Morgan fingerprint density at radius 1 is 1.15 bits per heavy atom. The molecule has 0 radical (unpaired) electrons. The highest BCUT2D eigenvalue weighted by Crippen LogP contribution is 1.99. The number of rotatable bonds is 4. The van der Waals surface area contributed by atoms with Crippen molar-refractivity contribution in [2.24, 2.45) is 0 Å². The van der Waals surface area contributed by atoms with Crippen LogP contribution in [-0.2, 0) is 0 Å². The predicted molar refractivity (Wildman–Crippen MR) is 56.2 cm³/mol. The number of nitrogens with zero attached hydrogens (tertiary/aromatic N) is 3. The van der Waals surface area contributed by atoms with Crippen LogP contribution in [0.2, 0.25) is 0 Å². The first kappa shape index (κ1) is 10.4. The minimum absolute atomic E-state index is 0.672. The molecule has 5 heteroatoms. The maximum atomic E-state index is 4.16. The Hall–Kier alpha value is -0.710. The molecule has 0 aliphatic heterocycles. The number of anilines is 1. The average Bonchev–Trinajstić information content (AvgIpc) is 2.03. The van der Waals surface area contributed by atoms with E-state index in [1.807, 2.05) is 13.8 Å². The number of nitrogens with one attached hydrogen (secondary N) is 1. The van der Waals surface area contributed by atoms with Crippen LogP contribution in [0.5, 0.6) is 0 Å². The molecule has 0 spiro atoms. The summed E-state index contributed by atoms with van der Waals surface area (Å²) < 4.78 is 0. The number of aromatic nitrogens is 3. The standard InChI is InChI=1S/C8H13BrN4/c1-6-11-7(2)13-8(12-6)10-5-3-4-9/h3-5H2,1-2H3,(H,10,11,12,13). The summed E-state index contributed by atoms with van der Waals surface area (Å²) in [5, 5.41) is 4.12. The van der Waals surface area contributed by atoms with Crippen LogP contribution in [0.1, 0.15) is 18.1 Å². The van der Waals surface area contributed by atoms with E-state index in [4.69, 9.17) is 0 Å². The van der Waals surface area contributed by atoms with Crippen molar-refractivity contribution in [3.05, 3.63) is 11.6 Å². The molecular formula is C8H13BrN4. The van der Waals surface area contributed by atoms with Crippen molar-refractivity contribution in [2.45, 2.75) is 20.3 Å². The fourth-order valence-electron chi connectivity index (χ4n) is 0.962. The van der Waals surface area contributed by atoms with Crippen molar-refractivity contribution in [3.8, 4) is 0 Å². The SMILES string of the molecule is Cc1nc(C)nc(NCCCBr)n1. The maximum Gasteiger partial charge on any atom is 0.226 e. The highest BCUT2D eigenvalue weighted by atomic mass is 79.9. The number of aryl methyl sites for hydroxylation is 2. The van der Waals surface area contributed by atoms with Gasteiger partial charge in [0.15, 0.2) is 0 Å². The van der Waals surface area contributed by atoms with Gasteiger partial charge in [-0.2, -0.15) is 9.97 Å². The minimum Gasteiger partial charge on any atom is -0.354 e. The van der Waals surface area contributed by atoms with E-state index >= 15 is 0 Å². The highest BCUT2D eigenvalue weighted by molar-refractivity contribution is 9.09. The predicted octanol–water partition coefficient (Wildman–Crippen LogP) is 1.69. The third-order valence-electron chi connectivity index (χ3n) is 1.45. The van der Waals surface area contributed by atoms with Gasteiger partial charge in [0.2, 0.25) is 5.95 Å². The summed E-state index contributed by atoms with van der Waals surface area (Å²) in [6.07, 6.45) is 1.06. The van der Waals surface area contributed by atoms with Crippen LogP contribution in [0.3, 0.4) is 0 Å². The summed E-state index contributed by atoms with van der Waals surface area (Å²) in [6.45, 7) is 4.61. The van der Waals surface area contributed by atoms with Crippen LogP contribution in [0.15, 0.2) is 0 Å². The normalized spacial score (nSPS) is 10.1. The molecule has 0 atom stereocenters. The van der Waals surface area contributed by atoms with E-state index in [-0.39, 0.29) is 0 Å². The molecule has 4 nitrogen and oxygen atoms in total. The van der Waals surface area contributed by atoms with Gasteiger partial charge < -0.3 is 5.32 Å². The number of alkyl halides is 1. The molecule has 0 aromatic carbocycles. The van der Waals surface area contributed by atoms with Crippen LogP contribution in [0.25, 0.3) is 0 Å². The van der Waals surface area contributed by atoms with Crippen LogP contribution in [0.4, 0.5) is 5.95 Å². The van der Waals surface area contributed by atoms with Crippen molar-refractivity contribution in [1.82, 2.24) is 15.0 Å². The summed E-state index contributed by atoms with van der Waals surface area (Å²) in [5.41, 5.74) is 0. The molecule has 1 N–H and O–H groups in total. The number of hydrogen-bond acceptors (Lipinski definition) is 4. The second-order valence-corrected chi connectivity index (χ2v) is 3.52. The zero-order valence-electron chi connectivity index (χ0n) is 7.84. The lowest BCUT2D eigenvalue weighted by Crippen LogP contribution is -2.08. The average molecular weight is 245 g/mol.